The van der Waals surface area contributed by atoms with E-state index in [0.717, 1.165) is 34.1 Å². The van der Waals surface area contributed by atoms with E-state index in [0.29, 0.717) is 17.4 Å². The van der Waals surface area contributed by atoms with Crippen molar-refractivity contribution in [2.75, 3.05) is 16.9 Å². The highest BCUT2D eigenvalue weighted by Crippen LogP contribution is 2.34. The lowest BCUT2D eigenvalue weighted by Gasteiger charge is -2.31. The number of amides is 1. The lowest BCUT2D eigenvalue weighted by atomic mass is 10.0. The number of thiophene rings is 1. The van der Waals surface area contributed by atoms with E-state index in [9.17, 15) is 4.79 Å². The molecule has 5 nitrogen and oxygen atoms in total. The van der Waals surface area contributed by atoms with Gasteiger partial charge in [0.25, 0.3) is 5.91 Å². The van der Waals surface area contributed by atoms with Gasteiger partial charge in [-0.3, -0.25) is 10.1 Å². The molecule has 7 heteroatoms. The van der Waals surface area contributed by atoms with Crippen molar-refractivity contribution in [3.63, 3.8) is 0 Å². The van der Waals surface area contributed by atoms with Crippen molar-refractivity contribution in [3.05, 3.63) is 94.7 Å². The van der Waals surface area contributed by atoms with Gasteiger partial charge in [-0.25, -0.2) is 4.98 Å². The Balaban J connectivity index is 1.23. The number of thiazole rings is 1. The van der Waals surface area contributed by atoms with Gasteiger partial charge < -0.3 is 9.64 Å². The molecule has 3 aromatic carbocycles. The SMILES string of the molecule is O=C(Nc1nc(-c2cccs2)cs1)c1cccc(N2COc3ccc4ccccc4c3C2)c1. The first-order valence-electron chi connectivity index (χ1n) is 10.5. The monoisotopic (exact) mass is 469 g/mol. The molecule has 0 atom stereocenters. The summed E-state index contributed by atoms with van der Waals surface area (Å²) in [6.07, 6.45) is 0. The molecular formula is C26H19N3O2S2. The summed E-state index contributed by atoms with van der Waals surface area (Å²) in [5.74, 6) is 0.747. The Bertz CT molecular complexity index is 1460. The fourth-order valence-corrected chi connectivity index (χ4v) is 5.51. The van der Waals surface area contributed by atoms with Crippen LogP contribution < -0.4 is 15.0 Å². The van der Waals surface area contributed by atoms with Gasteiger partial charge in [0.1, 0.15) is 5.75 Å². The van der Waals surface area contributed by atoms with Crippen molar-refractivity contribution >= 4 is 50.2 Å². The zero-order valence-corrected chi connectivity index (χ0v) is 19.2. The molecule has 2 aromatic heterocycles. The molecule has 33 heavy (non-hydrogen) atoms. The first-order chi connectivity index (χ1) is 16.2. The number of rotatable bonds is 4. The molecule has 0 saturated carbocycles. The van der Waals surface area contributed by atoms with E-state index in [4.69, 9.17) is 4.74 Å². The Labute approximate surface area is 198 Å². The number of nitrogens with one attached hydrogen (secondary N) is 1. The average Bonchev–Trinajstić information content (AvgIpc) is 3.56. The topological polar surface area (TPSA) is 54.5 Å². The highest BCUT2D eigenvalue weighted by molar-refractivity contribution is 7.16. The van der Waals surface area contributed by atoms with Crippen molar-refractivity contribution in [1.29, 1.82) is 0 Å². The van der Waals surface area contributed by atoms with Crippen molar-refractivity contribution in [1.82, 2.24) is 4.98 Å². The molecule has 3 heterocycles. The lowest BCUT2D eigenvalue weighted by Crippen LogP contribution is -2.32. The molecule has 0 spiro atoms. The number of benzene rings is 3. The summed E-state index contributed by atoms with van der Waals surface area (Å²) < 4.78 is 6.05. The van der Waals surface area contributed by atoms with Crippen LogP contribution in [0.5, 0.6) is 5.75 Å². The number of carbonyl (C=O) groups is 1. The van der Waals surface area contributed by atoms with Gasteiger partial charge in [-0.15, -0.1) is 22.7 Å². The van der Waals surface area contributed by atoms with Crippen LogP contribution in [-0.2, 0) is 6.54 Å². The standard InChI is InChI=1S/C26H19N3O2S2/c30-25(28-26-27-22(15-33-26)24-9-4-12-32-24)18-6-3-7-19(13-18)29-14-21-20-8-2-1-5-17(20)10-11-23(21)31-16-29/h1-13,15H,14,16H2,(H,27,28,30). The maximum absolute atomic E-state index is 12.9. The maximum Gasteiger partial charge on any atom is 0.257 e. The third-order valence-corrected chi connectivity index (χ3v) is 7.34. The number of hydrogen-bond donors (Lipinski definition) is 1. The minimum atomic E-state index is -0.173. The third-order valence-electron chi connectivity index (χ3n) is 5.69. The van der Waals surface area contributed by atoms with E-state index in [1.165, 1.54) is 22.1 Å². The Morgan fingerprint density at radius 1 is 1.00 bits per heavy atom. The van der Waals surface area contributed by atoms with Crippen molar-refractivity contribution < 1.29 is 9.53 Å². The van der Waals surface area contributed by atoms with E-state index < -0.39 is 0 Å². The van der Waals surface area contributed by atoms with Gasteiger partial charge in [0.05, 0.1) is 17.1 Å². The number of nitrogens with zero attached hydrogens (tertiary/aromatic N) is 2. The van der Waals surface area contributed by atoms with E-state index in [2.05, 4.69) is 39.5 Å². The predicted octanol–water partition coefficient (Wildman–Crippen LogP) is 6.63. The Morgan fingerprint density at radius 3 is 2.85 bits per heavy atom. The first kappa shape index (κ1) is 20.0. The number of fused-ring (bicyclic) bond motifs is 3. The molecule has 0 radical (unpaired) electrons. The van der Waals surface area contributed by atoms with Gasteiger partial charge in [-0.1, -0.05) is 42.5 Å². The first-order valence-corrected chi connectivity index (χ1v) is 12.3. The van der Waals surface area contributed by atoms with Crippen LogP contribution in [0.4, 0.5) is 10.8 Å². The summed E-state index contributed by atoms with van der Waals surface area (Å²) in [5, 5.41) is 9.90. The van der Waals surface area contributed by atoms with Gasteiger partial charge in [0.15, 0.2) is 11.9 Å². The minimum absolute atomic E-state index is 0.173. The molecule has 6 rings (SSSR count). The maximum atomic E-state index is 12.9. The van der Waals surface area contributed by atoms with Crippen molar-refractivity contribution in [2.45, 2.75) is 6.54 Å². The highest BCUT2D eigenvalue weighted by Gasteiger charge is 2.21. The third kappa shape index (κ3) is 3.86. The summed E-state index contributed by atoms with van der Waals surface area (Å²) in [7, 11) is 0. The van der Waals surface area contributed by atoms with Crippen LogP contribution in [0.15, 0.2) is 83.6 Å². The fourth-order valence-electron chi connectivity index (χ4n) is 4.05. The van der Waals surface area contributed by atoms with Gasteiger partial charge in [-0.05, 0) is 46.5 Å². The summed E-state index contributed by atoms with van der Waals surface area (Å²) in [6, 6.07) is 24.1. The van der Waals surface area contributed by atoms with Crippen LogP contribution in [0.2, 0.25) is 0 Å². The summed E-state index contributed by atoms with van der Waals surface area (Å²) in [6.45, 7) is 1.16. The number of carbonyl (C=O) groups excluding carboxylic acids is 1. The normalized spacial score (nSPS) is 12.9. The van der Waals surface area contributed by atoms with Crippen molar-refractivity contribution in [3.8, 4) is 16.3 Å². The molecule has 1 aliphatic rings. The smallest absolute Gasteiger partial charge is 0.257 e. The van der Waals surface area contributed by atoms with Crippen LogP contribution in [-0.4, -0.2) is 17.6 Å². The van der Waals surface area contributed by atoms with Crippen molar-refractivity contribution in [2.24, 2.45) is 0 Å². The average molecular weight is 470 g/mol. The summed E-state index contributed by atoms with van der Waals surface area (Å²) in [4.78, 5) is 20.7. The molecule has 1 aliphatic heterocycles. The second-order valence-electron chi connectivity index (χ2n) is 7.75. The van der Waals surface area contributed by atoms with Crippen LogP contribution in [0.3, 0.4) is 0 Å². The second-order valence-corrected chi connectivity index (χ2v) is 9.56. The van der Waals surface area contributed by atoms with Crippen LogP contribution in [0.1, 0.15) is 15.9 Å². The molecule has 162 valence electrons. The Morgan fingerprint density at radius 2 is 1.94 bits per heavy atom. The molecule has 0 aliphatic carbocycles. The van der Waals surface area contributed by atoms with E-state index >= 15 is 0 Å². The summed E-state index contributed by atoms with van der Waals surface area (Å²) >= 11 is 3.06. The van der Waals surface area contributed by atoms with E-state index in [1.54, 1.807) is 11.3 Å². The van der Waals surface area contributed by atoms with Gasteiger partial charge in [0.2, 0.25) is 0 Å². The number of hydrogen-bond acceptors (Lipinski definition) is 6. The molecule has 1 N–H and O–H groups in total. The van der Waals surface area contributed by atoms with Gasteiger partial charge in [-0.2, -0.15) is 0 Å². The molecular weight excluding hydrogens is 450 g/mol. The molecule has 0 fully saturated rings. The van der Waals surface area contributed by atoms with E-state index in [1.807, 2.05) is 59.3 Å². The van der Waals surface area contributed by atoms with Crippen LogP contribution in [0.25, 0.3) is 21.3 Å². The largest absolute Gasteiger partial charge is 0.473 e. The minimum Gasteiger partial charge on any atom is -0.473 e. The Hall–Kier alpha value is -3.68. The summed E-state index contributed by atoms with van der Waals surface area (Å²) in [5.41, 5.74) is 3.58. The van der Waals surface area contributed by atoms with Crippen LogP contribution >= 0.6 is 22.7 Å². The Kier molecular flexibility index (Phi) is 5.05. The van der Waals surface area contributed by atoms with Gasteiger partial charge in [0, 0.05) is 22.2 Å². The highest BCUT2D eigenvalue weighted by atomic mass is 32.1. The molecule has 0 bridgehead atoms. The molecule has 0 unspecified atom stereocenters. The fraction of sp³-hybridized carbons (Fsp3) is 0.0769. The number of anilines is 2. The molecule has 5 aromatic rings. The zero-order chi connectivity index (χ0) is 22.2. The lowest BCUT2D eigenvalue weighted by molar-refractivity contribution is 0.102. The number of aromatic nitrogens is 1. The van der Waals surface area contributed by atoms with E-state index in [-0.39, 0.29) is 5.91 Å². The second kappa shape index (κ2) is 8.35. The quantitative estimate of drug-likeness (QED) is 0.321. The van der Waals surface area contributed by atoms with Crippen LogP contribution in [0, 0.1) is 0 Å². The number of ether oxygens (including phenoxy) is 1. The van der Waals surface area contributed by atoms with Gasteiger partial charge >= 0.3 is 0 Å². The predicted molar refractivity (Wildman–Crippen MR) is 135 cm³/mol. The zero-order valence-electron chi connectivity index (χ0n) is 17.5. The molecule has 1 amide bonds. The molecule has 0 saturated heterocycles.